The fraction of sp³-hybridized carbons (Fsp3) is 0.591. The van der Waals surface area contributed by atoms with Gasteiger partial charge in [-0.1, -0.05) is 61.4 Å². The maximum atomic E-state index is 12.4. The van der Waals surface area contributed by atoms with Crippen LogP contribution in [-0.4, -0.2) is 50.5 Å². The summed E-state index contributed by atoms with van der Waals surface area (Å²) >= 11 is 1.50. The standard InChI is InChI=1S/C22H31N5OS/c28-21(23-19-11-5-6-12-19)17-29-22-25-24-20(16-26-13-7-2-8-14-26)27(22)15-18-9-3-1-4-10-18/h1,3-4,9-10,19H,2,5-8,11-17H2,(H,23,28). The molecule has 156 valence electrons. The smallest absolute Gasteiger partial charge is 0.230 e. The van der Waals surface area contributed by atoms with Gasteiger partial charge in [-0.2, -0.15) is 0 Å². The van der Waals surface area contributed by atoms with Crippen molar-refractivity contribution in [1.29, 1.82) is 0 Å². The highest BCUT2D eigenvalue weighted by molar-refractivity contribution is 7.99. The predicted octanol–water partition coefficient (Wildman–Crippen LogP) is 3.46. The third kappa shape index (κ3) is 5.82. The van der Waals surface area contributed by atoms with Crippen molar-refractivity contribution < 1.29 is 4.79 Å². The number of hydrogen-bond acceptors (Lipinski definition) is 5. The van der Waals surface area contributed by atoms with E-state index in [4.69, 9.17) is 0 Å². The van der Waals surface area contributed by atoms with E-state index in [-0.39, 0.29) is 5.91 Å². The van der Waals surface area contributed by atoms with Crippen molar-refractivity contribution in [3.8, 4) is 0 Å². The molecule has 29 heavy (non-hydrogen) atoms. The first kappa shape index (κ1) is 20.4. The van der Waals surface area contributed by atoms with Crippen LogP contribution in [0.1, 0.15) is 56.3 Å². The summed E-state index contributed by atoms with van der Waals surface area (Å²) in [6, 6.07) is 10.8. The topological polar surface area (TPSA) is 63.1 Å². The third-order valence-electron chi connectivity index (χ3n) is 5.84. The number of nitrogens with one attached hydrogen (secondary N) is 1. The van der Waals surface area contributed by atoms with Crippen molar-refractivity contribution in [1.82, 2.24) is 25.0 Å². The zero-order chi connectivity index (χ0) is 19.9. The number of aromatic nitrogens is 3. The predicted molar refractivity (Wildman–Crippen MR) is 116 cm³/mol. The molecule has 1 saturated carbocycles. The minimum atomic E-state index is 0.105. The number of carbonyl (C=O) groups is 1. The average Bonchev–Trinajstić information content (AvgIpc) is 3.39. The van der Waals surface area contributed by atoms with E-state index in [9.17, 15) is 4.79 Å². The fourth-order valence-corrected chi connectivity index (χ4v) is 5.02. The molecular weight excluding hydrogens is 382 g/mol. The maximum absolute atomic E-state index is 12.4. The molecule has 1 saturated heterocycles. The van der Waals surface area contributed by atoms with E-state index in [1.54, 1.807) is 0 Å². The molecule has 2 aromatic rings. The second-order valence-electron chi connectivity index (χ2n) is 8.14. The molecule has 1 aliphatic carbocycles. The molecule has 0 bridgehead atoms. The summed E-state index contributed by atoms with van der Waals surface area (Å²) in [6.07, 6.45) is 8.52. The van der Waals surface area contributed by atoms with Gasteiger partial charge in [-0.25, -0.2) is 0 Å². The second-order valence-corrected chi connectivity index (χ2v) is 9.09. The highest BCUT2D eigenvalue weighted by atomic mass is 32.2. The lowest BCUT2D eigenvalue weighted by molar-refractivity contribution is -0.119. The van der Waals surface area contributed by atoms with Gasteiger partial charge in [0.1, 0.15) is 5.82 Å². The lowest BCUT2D eigenvalue weighted by atomic mass is 10.1. The van der Waals surface area contributed by atoms with Crippen LogP contribution < -0.4 is 5.32 Å². The van der Waals surface area contributed by atoms with Crippen molar-refractivity contribution >= 4 is 17.7 Å². The summed E-state index contributed by atoms with van der Waals surface area (Å²) in [6.45, 7) is 3.83. The SMILES string of the molecule is O=C(CSc1nnc(CN2CCCCC2)n1Cc1ccccc1)NC1CCCC1. The van der Waals surface area contributed by atoms with E-state index in [0.29, 0.717) is 11.8 Å². The summed E-state index contributed by atoms with van der Waals surface area (Å²) in [4.78, 5) is 14.8. The summed E-state index contributed by atoms with van der Waals surface area (Å²) in [5.74, 6) is 1.50. The van der Waals surface area contributed by atoms with Gasteiger partial charge in [0, 0.05) is 6.04 Å². The molecule has 4 rings (SSSR count). The first-order chi connectivity index (χ1) is 14.3. The molecule has 1 amide bonds. The van der Waals surface area contributed by atoms with Gasteiger partial charge in [0.15, 0.2) is 5.16 Å². The van der Waals surface area contributed by atoms with Crippen LogP contribution in [0.3, 0.4) is 0 Å². The highest BCUT2D eigenvalue weighted by Gasteiger charge is 2.20. The molecule has 0 radical (unpaired) electrons. The molecule has 1 aliphatic heterocycles. The van der Waals surface area contributed by atoms with E-state index in [0.717, 1.165) is 50.0 Å². The number of rotatable bonds is 8. The molecule has 6 nitrogen and oxygen atoms in total. The van der Waals surface area contributed by atoms with E-state index < -0.39 is 0 Å². The summed E-state index contributed by atoms with van der Waals surface area (Å²) in [7, 11) is 0. The van der Waals surface area contributed by atoms with Crippen LogP contribution >= 0.6 is 11.8 Å². The Labute approximate surface area is 177 Å². The Morgan fingerprint density at radius 2 is 1.76 bits per heavy atom. The molecule has 2 heterocycles. The van der Waals surface area contributed by atoms with Gasteiger partial charge >= 0.3 is 0 Å². The number of benzene rings is 1. The van der Waals surface area contributed by atoms with Gasteiger partial charge in [-0.15, -0.1) is 10.2 Å². The third-order valence-corrected chi connectivity index (χ3v) is 6.81. The minimum Gasteiger partial charge on any atom is -0.353 e. The van der Waals surface area contributed by atoms with Crippen LogP contribution in [0, 0.1) is 0 Å². The minimum absolute atomic E-state index is 0.105. The average molecular weight is 414 g/mol. The first-order valence-corrected chi connectivity index (χ1v) is 11.9. The number of amides is 1. The molecule has 1 aromatic heterocycles. The number of piperidine rings is 1. The Bertz CT molecular complexity index is 782. The molecule has 0 atom stereocenters. The van der Waals surface area contributed by atoms with Crippen LogP contribution in [0.15, 0.2) is 35.5 Å². The van der Waals surface area contributed by atoms with Crippen LogP contribution in [0.4, 0.5) is 0 Å². The zero-order valence-electron chi connectivity index (χ0n) is 17.1. The van der Waals surface area contributed by atoms with Crippen LogP contribution in [0.25, 0.3) is 0 Å². The number of nitrogens with zero attached hydrogens (tertiary/aromatic N) is 4. The monoisotopic (exact) mass is 413 g/mol. The van der Waals surface area contributed by atoms with Gasteiger partial charge in [-0.3, -0.25) is 9.69 Å². The number of likely N-dealkylation sites (tertiary alicyclic amines) is 1. The van der Waals surface area contributed by atoms with Crippen molar-refractivity contribution in [2.45, 2.75) is 69.2 Å². The van der Waals surface area contributed by atoms with Crippen LogP contribution in [-0.2, 0) is 17.9 Å². The largest absolute Gasteiger partial charge is 0.353 e. The maximum Gasteiger partial charge on any atom is 0.230 e. The van der Waals surface area contributed by atoms with Crippen LogP contribution in [0.5, 0.6) is 0 Å². The molecule has 0 spiro atoms. The van der Waals surface area contributed by atoms with E-state index in [2.05, 4.69) is 49.2 Å². The second kappa shape index (κ2) is 10.3. The Morgan fingerprint density at radius 3 is 2.52 bits per heavy atom. The Balaban J connectivity index is 1.43. The van der Waals surface area contributed by atoms with Crippen LogP contribution in [0.2, 0.25) is 0 Å². The van der Waals surface area contributed by atoms with Gasteiger partial charge < -0.3 is 9.88 Å². The molecule has 1 N–H and O–H groups in total. The number of thioether (sulfide) groups is 1. The Morgan fingerprint density at radius 1 is 1.00 bits per heavy atom. The van der Waals surface area contributed by atoms with E-state index >= 15 is 0 Å². The van der Waals surface area contributed by atoms with Gasteiger partial charge in [0.05, 0.1) is 18.8 Å². The van der Waals surface area contributed by atoms with Gasteiger partial charge in [0.2, 0.25) is 5.91 Å². The van der Waals surface area contributed by atoms with Crippen molar-refractivity contribution in [3.05, 3.63) is 41.7 Å². The Hall–Kier alpha value is -1.86. The Kier molecular flexibility index (Phi) is 7.22. The van der Waals surface area contributed by atoms with E-state index in [1.165, 1.54) is 49.4 Å². The van der Waals surface area contributed by atoms with Crippen molar-refractivity contribution in [2.75, 3.05) is 18.8 Å². The number of hydrogen-bond donors (Lipinski definition) is 1. The van der Waals surface area contributed by atoms with Gasteiger partial charge in [0.25, 0.3) is 0 Å². The molecule has 1 aromatic carbocycles. The summed E-state index contributed by atoms with van der Waals surface area (Å²) < 4.78 is 2.19. The van der Waals surface area contributed by atoms with Crippen molar-refractivity contribution in [2.24, 2.45) is 0 Å². The van der Waals surface area contributed by atoms with Gasteiger partial charge in [-0.05, 0) is 44.3 Å². The normalized spacial score (nSPS) is 18.2. The summed E-state index contributed by atoms with van der Waals surface area (Å²) in [5.41, 5.74) is 1.23. The first-order valence-electron chi connectivity index (χ1n) is 10.9. The zero-order valence-corrected chi connectivity index (χ0v) is 17.9. The quantitative estimate of drug-likeness (QED) is 0.672. The molecule has 0 unspecified atom stereocenters. The lowest BCUT2D eigenvalue weighted by Crippen LogP contribution is -2.34. The van der Waals surface area contributed by atoms with E-state index in [1.807, 2.05) is 6.07 Å². The molecule has 2 fully saturated rings. The van der Waals surface area contributed by atoms with Crippen molar-refractivity contribution in [3.63, 3.8) is 0 Å². The highest BCUT2D eigenvalue weighted by Crippen LogP contribution is 2.22. The molecule has 7 heteroatoms. The molecule has 2 aliphatic rings. The summed E-state index contributed by atoms with van der Waals surface area (Å²) in [5, 5.41) is 13.0. The molecular formula is C22H31N5OS. The lowest BCUT2D eigenvalue weighted by Gasteiger charge is -2.26. The number of carbonyl (C=O) groups excluding carboxylic acids is 1. The fourth-order valence-electron chi connectivity index (χ4n) is 4.25.